The highest BCUT2D eigenvalue weighted by Gasteiger charge is 2.17. The highest BCUT2D eigenvalue weighted by molar-refractivity contribution is 5.79. The molecule has 128 valence electrons. The Kier molecular flexibility index (Phi) is 6.90. The third-order valence-corrected chi connectivity index (χ3v) is 4.53. The number of nitrogens with zero attached hydrogens (tertiary/aromatic N) is 2. The minimum atomic E-state index is 0.721. The zero-order chi connectivity index (χ0) is 16.7. The molecule has 1 fully saturated rings. The van der Waals surface area contributed by atoms with Gasteiger partial charge in [0, 0.05) is 19.6 Å². The Bertz CT molecular complexity index is 524. The van der Waals surface area contributed by atoms with E-state index in [4.69, 9.17) is 4.99 Å². The van der Waals surface area contributed by atoms with Gasteiger partial charge in [-0.25, -0.2) is 4.99 Å². The molecule has 1 aliphatic heterocycles. The third-order valence-electron chi connectivity index (χ3n) is 4.53. The number of benzene rings is 1. The van der Waals surface area contributed by atoms with E-state index in [1.807, 2.05) is 0 Å². The summed E-state index contributed by atoms with van der Waals surface area (Å²) in [5.74, 6) is 1.65. The maximum absolute atomic E-state index is 4.76. The van der Waals surface area contributed by atoms with Gasteiger partial charge in [-0.05, 0) is 64.3 Å². The van der Waals surface area contributed by atoms with Crippen LogP contribution in [0.25, 0.3) is 0 Å². The number of likely N-dealkylation sites (tertiary alicyclic amines) is 1. The van der Waals surface area contributed by atoms with E-state index in [-0.39, 0.29) is 0 Å². The highest BCUT2D eigenvalue weighted by atomic mass is 15.2. The van der Waals surface area contributed by atoms with Crippen LogP contribution in [0.3, 0.4) is 0 Å². The molecule has 1 heterocycles. The lowest BCUT2D eigenvalue weighted by molar-refractivity contribution is 0.210. The van der Waals surface area contributed by atoms with Gasteiger partial charge in [0.25, 0.3) is 0 Å². The Morgan fingerprint density at radius 1 is 1.30 bits per heavy atom. The maximum Gasteiger partial charge on any atom is 0.191 e. The topological polar surface area (TPSA) is 39.7 Å². The molecule has 0 aromatic heterocycles. The van der Waals surface area contributed by atoms with Crippen molar-refractivity contribution in [3.05, 3.63) is 34.9 Å². The van der Waals surface area contributed by atoms with Crippen LogP contribution in [0.1, 0.15) is 36.5 Å². The van der Waals surface area contributed by atoms with E-state index in [0.29, 0.717) is 0 Å². The summed E-state index contributed by atoms with van der Waals surface area (Å²) in [6.07, 6.45) is 2.62. The first-order valence-corrected chi connectivity index (χ1v) is 8.85. The van der Waals surface area contributed by atoms with Crippen LogP contribution in [0.2, 0.25) is 0 Å². The molecule has 4 nitrogen and oxygen atoms in total. The van der Waals surface area contributed by atoms with Crippen LogP contribution in [0.5, 0.6) is 0 Å². The zero-order valence-corrected chi connectivity index (χ0v) is 15.2. The van der Waals surface area contributed by atoms with Crippen molar-refractivity contribution < 1.29 is 0 Å². The number of nitrogens with one attached hydrogen (secondary N) is 2. The lowest BCUT2D eigenvalue weighted by Gasteiger charge is -2.30. The van der Waals surface area contributed by atoms with Crippen molar-refractivity contribution in [2.24, 2.45) is 10.9 Å². The van der Waals surface area contributed by atoms with Crippen LogP contribution in [0.15, 0.2) is 23.2 Å². The molecule has 2 rings (SSSR count). The predicted octanol–water partition coefficient (Wildman–Crippen LogP) is 2.70. The normalized spacial score (nSPS) is 19.7. The van der Waals surface area contributed by atoms with Crippen LogP contribution in [0, 0.1) is 19.8 Å². The summed E-state index contributed by atoms with van der Waals surface area (Å²) >= 11 is 0. The monoisotopic (exact) mass is 316 g/mol. The third kappa shape index (κ3) is 5.87. The summed E-state index contributed by atoms with van der Waals surface area (Å²) in [5, 5.41) is 6.88. The van der Waals surface area contributed by atoms with Crippen molar-refractivity contribution in [2.75, 3.05) is 33.2 Å². The van der Waals surface area contributed by atoms with Gasteiger partial charge in [0.1, 0.15) is 0 Å². The minimum Gasteiger partial charge on any atom is -0.357 e. The molecular formula is C19H32N4. The zero-order valence-electron chi connectivity index (χ0n) is 15.2. The van der Waals surface area contributed by atoms with Gasteiger partial charge in [0.2, 0.25) is 0 Å². The van der Waals surface area contributed by atoms with Gasteiger partial charge in [-0.15, -0.1) is 0 Å². The van der Waals surface area contributed by atoms with Crippen LogP contribution in [-0.2, 0) is 6.54 Å². The molecule has 0 spiro atoms. The van der Waals surface area contributed by atoms with E-state index < -0.39 is 0 Å². The van der Waals surface area contributed by atoms with Crippen molar-refractivity contribution in [2.45, 2.75) is 40.2 Å². The molecule has 2 N–H and O–H groups in total. The molecular weight excluding hydrogens is 284 g/mol. The SMILES string of the molecule is CCNC(=NCc1ccc(C)cc1C)NCC1CCCN(C)C1. The Hall–Kier alpha value is -1.55. The Morgan fingerprint density at radius 2 is 2.13 bits per heavy atom. The number of guanidine groups is 1. The van der Waals surface area contributed by atoms with E-state index in [9.17, 15) is 0 Å². The molecule has 0 radical (unpaired) electrons. The molecule has 1 aliphatic rings. The van der Waals surface area contributed by atoms with Crippen LogP contribution in [-0.4, -0.2) is 44.1 Å². The minimum absolute atomic E-state index is 0.721. The van der Waals surface area contributed by atoms with Gasteiger partial charge < -0.3 is 15.5 Å². The van der Waals surface area contributed by atoms with E-state index in [1.54, 1.807) is 0 Å². The first kappa shape index (κ1) is 17.8. The van der Waals surface area contributed by atoms with E-state index in [0.717, 1.165) is 31.5 Å². The van der Waals surface area contributed by atoms with E-state index in [1.165, 1.54) is 42.6 Å². The van der Waals surface area contributed by atoms with Crippen molar-refractivity contribution in [1.29, 1.82) is 0 Å². The molecule has 23 heavy (non-hydrogen) atoms. The summed E-state index contributed by atoms with van der Waals surface area (Å²) < 4.78 is 0. The van der Waals surface area contributed by atoms with Gasteiger partial charge in [0.05, 0.1) is 6.54 Å². The molecule has 0 bridgehead atoms. The average molecular weight is 316 g/mol. The first-order valence-electron chi connectivity index (χ1n) is 8.85. The van der Waals surface area contributed by atoms with Gasteiger partial charge in [-0.2, -0.15) is 0 Å². The Balaban J connectivity index is 1.91. The molecule has 1 unspecified atom stereocenters. The van der Waals surface area contributed by atoms with Crippen molar-refractivity contribution in [1.82, 2.24) is 15.5 Å². The number of hydrogen-bond donors (Lipinski definition) is 2. The molecule has 4 heteroatoms. The molecule has 1 aromatic rings. The first-order chi connectivity index (χ1) is 11.1. The number of rotatable bonds is 5. The van der Waals surface area contributed by atoms with Gasteiger partial charge in [-0.1, -0.05) is 23.8 Å². The summed E-state index contributed by atoms with van der Waals surface area (Å²) in [6, 6.07) is 6.58. The quantitative estimate of drug-likeness (QED) is 0.648. The molecule has 1 atom stereocenters. The van der Waals surface area contributed by atoms with Crippen LogP contribution >= 0.6 is 0 Å². The van der Waals surface area contributed by atoms with Crippen LogP contribution in [0.4, 0.5) is 0 Å². The van der Waals surface area contributed by atoms with E-state index >= 15 is 0 Å². The fourth-order valence-electron chi connectivity index (χ4n) is 3.21. The summed E-state index contributed by atoms with van der Waals surface area (Å²) in [4.78, 5) is 7.18. The Morgan fingerprint density at radius 3 is 2.83 bits per heavy atom. The molecule has 1 saturated heterocycles. The van der Waals surface area contributed by atoms with E-state index in [2.05, 4.69) is 61.6 Å². The fourth-order valence-corrected chi connectivity index (χ4v) is 3.21. The predicted molar refractivity (Wildman–Crippen MR) is 99.0 cm³/mol. The number of hydrogen-bond acceptors (Lipinski definition) is 2. The largest absolute Gasteiger partial charge is 0.357 e. The number of piperidine rings is 1. The summed E-state index contributed by atoms with van der Waals surface area (Å²) in [7, 11) is 2.21. The number of aliphatic imine (C=N–C) groups is 1. The smallest absolute Gasteiger partial charge is 0.191 e. The second-order valence-corrected chi connectivity index (χ2v) is 6.78. The lowest BCUT2D eigenvalue weighted by Crippen LogP contribution is -2.43. The van der Waals surface area contributed by atoms with Crippen LogP contribution < -0.4 is 10.6 Å². The second kappa shape index (κ2) is 8.92. The fraction of sp³-hybridized carbons (Fsp3) is 0.632. The van der Waals surface area contributed by atoms with Gasteiger partial charge in [0.15, 0.2) is 5.96 Å². The molecule has 0 amide bonds. The average Bonchev–Trinajstić information content (AvgIpc) is 2.51. The van der Waals surface area contributed by atoms with Gasteiger partial charge in [-0.3, -0.25) is 0 Å². The highest BCUT2D eigenvalue weighted by Crippen LogP contribution is 2.14. The summed E-state index contributed by atoms with van der Waals surface area (Å²) in [5.41, 5.74) is 3.92. The Labute approximate surface area is 141 Å². The van der Waals surface area contributed by atoms with Crippen molar-refractivity contribution in [3.63, 3.8) is 0 Å². The van der Waals surface area contributed by atoms with Crippen molar-refractivity contribution >= 4 is 5.96 Å². The van der Waals surface area contributed by atoms with Gasteiger partial charge >= 0.3 is 0 Å². The standard InChI is InChI=1S/C19H32N4/c1-5-20-19(21-12-17-7-6-10-23(4)14-17)22-13-18-9-8-15(2)11-16(18)3/h8-9,11,17H,5-7,10,12-14H2,1-4H3,(H2,20,21,22). The number of aryl methyl sites for hydroxylation is 2. The molecule has 0 aliphatic carbocycles. The molecule has 1 aromatic carbocycles. The lowest BCUT2D eigenvalue weighted by atomic mass is 9.99. The summed E-state index contributed by atoms with van der Waals surface area (Å²) in [6.45, 7) is 11.4. The van der Waals surface area contributed by atoms with Crippen molar-refractivity contribution in [3.8, 4) is 0 Å². The second-order valence-electron chi connectivity index (χ2n) is 6.78. The molecule has 0 saturated carbocycles. The maximum atomic E-state index is 4.76.